The molecule has 0 radical (unpaired) electrons. The maximum Gasteiger partial charge on any atom is 0.254 e. The maximum atomic E-state index is 12.9. The largest absolute Gasteiger partial charge is 0.494 e. The van der Waals surface area contributed by atoms with E-state index in [9.17, 15) is 4.79 Å². The number of ether oxygens (including phenoxy) is 2. The fourth-order valence-electron chi connectivity index (χ4n) is 2.63. The van der Waals surface area contributed by atoms with Crippen LogP contribution in [0.25, 0.3) is 0 Å². The van der Waals surface area contributed by atoms with Crippen LogP contribution in [0.1, 0.15) is 49.5 Å². The van der Waals surface area contributed by atoms with Gasteiger partial charge in [-0.15, -0.1) is 0 Å². The van der Waals surface area contributed by atoms with Crippen LogP contribution in [0.2, 0.25) is 0 Å². The molecule has 0 saturated carbocycles. The average molecular weight is 307 g/mol. The number of amides is 1. The van der Waals surface area contributed by atoms with E-state index in [0.717, 1.165) is 24.2 Å². The molecule has 0 N–H and O–H groups in total. The third kappa shape index (κ3) is 4.73. The van der Waals surface area contributed by atoms with Crippen molar-refractivity contribution >= 4 is 5.91 Å². The Kier molecular flexibility index (Phi) is 7.96. The van der Waals surface area contributed by atoms with E-state index in [4.69, 9.17) is 9.47 Å². The maximum absolute atomic E-state index is 12.9. The summed E-state index contributed by atoms with van der Waals surface area (Å²) in [7, 11) is 1.66. The Morgan fingerprint density at radius 3 is 2.41 bits per heavy atom. The van der Waals surface area contributed by atoms with E-state index in [2.05, 4.69) is 13.8 Å². The zero-order chi connectivity index (χ0) is 16.5. The Bertz CT molecular complexity index is 469. The molecule has 0 aliphatic heterocycles. The third-order valence-corrected chi connectivity index (χ3v) is 3.90. The molecular formula is C18H29NO3. The van der Waals surface area contributed by atoms with E-state index in [-0.39, 0.29) is 11.9 Å². The number of nitrogens with zero attached hydrogens (tertiary/aromatic N) is 1. The van der Waals surface area contributed by atoms with Crippen molar-refractivity contribution in [3.63, 3.8) is 0 Å². The monoisotopic (exact) mass is 307 g/mol. The summed E-state index contributed by atoms with van der Waals surface area (Å²) in [5.41, 5.74) is 1.70. The molecule has 1 aromatic rings. The van der Waals surface area contributed by atoms with Crippen molar-refractivity contribution in [2.75, 3.05) is 26.9 Å². The molecule has 1 amide bonds. The van der Waals surface area contributed by atoms with Crippen LogP contribution < -0.4 is 4.74 Å². The number of rotatable bonds is 9. The number of benzene rings is 1. The van der Waals surface area contributed by atoms with E-state index in [1.54, 1.807) is 7.11 Å². The lowest BCUT2D eigenvalue weighted by Gasteiger charge is -2.30. The molecule has 0 spiro atoms. The molecule has 0 fully saturated rings. The minimum Gasteiger partial charge on any atom is -0.494 e. The van der Waals surface area contributed by atoms with Gasteiger partial charge in [0.25, 0.3) is 5.91 Å². The van der Waals surface area contributed by atoms with Crippen LogP contribution in [-0.2, 0) is 4.74 Å². The van der Waals surface area contributed by atoms with Crippen LogP contribution in [0, 0.1) is 6.92 Å². The van der Waals surface area contributed by atoms with Gasteiger partial charge < -0.3 is 14.4 Å². The molecule has 0 unspecified atom stereocenters. The number of hydrogen-bond acceptors (Lipinski definition) is 3. The highest BCUT2D eigenvalue weighted by Gasteiger charge is 2.22. The van der Waals surface area contributed by atoms with Crippen molar-refractivity contribution in [3.05, 3.63) is 29.3 Å². The van der Waals surface area contributed by atoms with Gasteiger partial charge in [0.1, 0.15) is 5.75 Å². The summed E-state index contributed by atoms with van der Waals surface area (Å²) >= 11 is 0. The molecule has 124 valence electrons. The van der Waals surface area contributed by atoms with Crippen molar-refractivity contribution in [1.29, 1.82) is 0 Å². The molecule has 0 atom stereocenters. The summed E-state index contributed by atoms with van der Waals surface area (Å²) in [5, 5.41) is 0. The highest BCUT2D eigenvalue weighted by molar-refractivity contribution is 5.94. The first-order valence-electron chi connectivity index (χ1n) is 8.12. The van der Waals surface area contributed by atoms with Gasteiger partial charge in [0, 0.05) is 25.3 Å². The van der Waals surface area contributed by atoms with Gasteiger partial charge in [0.05, 0.1) is 13.2 Å². The van der Waals surface area contributed by atoms with Gasteiger partial charge in [-0.1, -0.05) is 13.8 Å². The summed E-state index contributed by atoms with van der Waals surface area (Å²) in [4.78, 5) is 14.8. The Balaban J connectivity index is 2.99. The van der Waals surface area contributed by atoms with E-state index < -0.39 is 0 Å². The van der Waals surface area contributed by atoms with Gasteiger partial charge >= 0.3 is 0 Å². The van der Waals surface area contributed by atoms with Crippen molar-refractivity contribution < 1.29 is 14.3 Å². The van der Waals surface area contributed by atoms with Crippen molar-refractivity contribution in [3.8, 4) is 5.75 Å². The molecule has 0 bridgehead atoms. The van der Waals surface area contributed by atoms with Crippen LogP contribution in [0.3, 0.4) is 0 Å². The summed E-state index contributed by atoms with van der Waals surface area (Å²) in [6.07, 6.45) is 1.89. The van der Waals surface area contributed by atoms with Crippen molar-refractivity contribution in [2.45, 2.75) is 46.6 Å². The lowest BCUT2D eigenvalue weighted by atomic mass is 10.1. The number of methoxy groups -OCH3 is 1. The molecule has 0 heterocycles. The highest BCUT2D eigenvalue weighted by atomic mass is 16.5. The summed E-state index contributed by atoms with van der Waals surface area (Å²) in [6.45, 7) is 9.96. The Labute approximate surface area is 134 Å². The Morgan fingerprint density at radius 2 is 1.91 bits per heavy atom. The number of aryl methyl sites for hydroxylation is 1. The van der Waals surface area contributed by atoms with Crippen molar-refractivity contribution in [1.82, 2.24) is 4.90 Å². The molecule has 0 saturated heterocycles. The minimum atomic E-state index is 0.0666. The topological polar surface area (TPSA) is 38.8 Å². The van der Waals surface area contributed by atoms with Crippen LogP contribution >= 0.6 is 0 Å². The fourth-order valence-corrected chi connectivity index (χ4v) is 2.63. The third-order valence-electron chi connectivity index (χ3n) is 3.90. The van der Waals surface area contributed by atoms with Gasteiger partial charge in [-0.05, 0) is 50.5 Å². The lowest BCUT2D eigenvalue weighted by molar-refractivity contribution is 0.0589. The van der Waals surface area contributed by atoms with Gasteiger partial charge in [0.15, 0.2) is 0 Å². The molecule has 1 aromatic carbocycles. The van der Waals surface area contributed by atoms with Gasteiger partial charge in [-0.25, -0.2) is 0 Å². The van der Waals surface area contributed by atoms with Crippen molar-refractivity contribution in [2.24, 2.45) is 0 Å². The molecule has 0 aromatic heterocycles. The second-order valence-electron chi connectivity index (χ2n) is 5.37. The predicted molar refractivity (Wildman–Crippen MR) is 89.6 cm³/mol. The van der Waals surface area contributed by atoms with Gasteiger partial charge in [-0.3, -0.25) is 4.79 Å². The van der Waals surface area contributed by atoms with E-state index in [0.29, 0.717) is 25.3 Å². The summed E-state index contributed by atoms with van der Waals surface area (Å²) < 4.78 is 10.7. The van der Waals surface area contributed by atoms with E-state index >= 15 is 0 Å². The van der Waals surface area contributed by atoms with Gasteiger partial charge in [-0.2, -0.15) is 0 Å². The fraction of sp³-hybridized carbons (Fsp3) is 0.611. The Morgan fingerprint density at radius 1 is 1.23 bits per heavy atom. The quantitative estimate of drug-likeness (QED) is 0.698. The molecule has 0 aliphatic carbocycles. The van der Waals surface area contributed by atoms with Gasteiger partial charge in [0.2, 0.25) is 0 Å². The second kappa shape index (κ2) is 9.46. The standard InChI is InChI=1S/C18H29NO3/c1-6-16(7-2)19(11-12-21-5)18(20)15-9-10-17(22-8-3)14(4)13-15/h9-10,13,16H,6-8,11-12H2,1-5H3. The highest BCUT2D eigenvalue weighted by Crippen LogP contribution is 2.21. The predicted octanol–water partition coefficient (Wildman–Crippen LogP) is 3.67. The second-order valence-corrected chi connectivity index (χ2v) is 5.37. The van der Waals surface area contributed by atoms with E-state index in [1.807, 2.05) is 36.9 Å². The SMILES string of the molecule is CCOc1ccc(C(=O)N(CCOC)C(CC)CC)cc1C. The molecule has 22 heavy (non-hydrogen) atoms. The number of carbonyl (C=O) groups excluding carboxylic acids is 1. The smallest absolute Gasteiger partial charge is 0.254 e. The first-order valence-corrected chi connectivity index (χ1v) is 8.12. The summed E-state index contributed by atoms with van der Waals surface area (Å²) in [6, 6.07) is 5.89. The first kappa shape index (κ1) is 18.5. The lowest BCUT2D eigenvalue weighted by Crippen LogP contribution is -2.41. The van der Waals surface area contributed by atoms with Crippen LogP contribution in [0.15, 0.2) is 18.2 Å². The minimum absolute atomic E-state index is 0.0666. The average Bonchev–Trinajstić information content (AvgIpc) is 2.53. The zero-order valence-electron chi connectivity index (χ0n) is 14.5. The number of carbonyl (C=O) groups is 1. The van der Waals surface area contributed by atoms with Crippen LogP contribution in [0.4, 0.5) is 0 Å². The van der Waals surface area contributed by atoms with Crippen LogP contribution in [-0.4, -0.2) is 43.7 Å². The van der Waals surface area contributed by atoms with Crippen LogP contribution in [0.5, 0.6) is 5.75 Å². The zero-order valence-corrected chi connectivity index (χ0v) is 14.5. The molecule has 4 heteroatoms. The first-order chi connectivity index (χ1) is 10.6. The Hall–Kier alpha value is -1.55. The molecule has 4 nitrogen and oxygen atoms in total. The summed E-state index contributed by atoms with van der Waals surface area (Å²) in [5.74, 6) is 0.905. The molecule has 1 rings (SSSR count). The molecular weight excluding hydrogens is 278 g/mol. The normalized spacial score (nSPS) is 10.8. The number of hydrogen-bond donors (Lipinski definition) is 0. The van der Waals surface area contributed by atoms with E-state index in [1.165, 1.54) is 0 Å². The molecule has 0 aliphatic rings.